The average Bonchev–Trinajstić information content (AvgIpc) is 2.06. The summed E-state index contributed by atoms with van der Waals surface area (Å²) in [5.41, 5.74) is -0.278. The molecule has 0 aliphatic carbocycles. The Morgan fingerprint density at radius 1 is 1.53 bits per heavy atom. The topological polar surface area (TPSA) is 47.0 Å². The minimum absolute atomic E-state index is 0.0866. The predicted octanol–water partition coefficient (Wildman–Crippen LogP) is 3.02. The van der Waals surface area contributed by atoms with Gasteiger partial charge >= 0.3 is 0 Å². The van der Waals surface area contributed by atoms with Crippen LogP contribution >= 0.6 is 26.6 Å². The molecule has 0 aliphatic rings. The van der Waals surface area contributed by atoms with E-state index in [0.717, 1.165) is 6.07 Å². The minimum atomic E-state index is -4.01. The number of aryl methyl sites for hydroxylation is 1. The maximum absolute atomic E-state index is 12.4. The van der Waals surface area contributed by atoms with Crippen molar-refractivity contribution in [3.8, 4) is 0 Å². The summed E-state index contributed by atoms with van der Waals surface area (Å²) in [7, 11) is 1.06. The Kier molecular flexibility index (Phi) is 3.67. The Bertz CT molecular complexity index is 492. The van der Waals surface area contributed by atoms with Crippen LogP contribution in [0, 0.1) is 6.92 Å². The molecule has 1 aromatic heterocycles. The van der Waals surface area contributed by atoms with E-state index in [0.29, 0.717) is 0 Å². The summed E-state index contributed by atoms with van der Waals surface area (Å²) >= 11 is 2.76. The number of hydrogen-bond acceptors (Lipinski definition) is 3. The van der Waals surface area contributed by atoms with Crippen LogP contribution < -0.4 is 0 Å². The maximum atomic E-state index is 12.4. The first kappa shape index (κ1) is 12.8. The molecule has 0 spiro atoms. The van der Waals surface area contributed by atoms with Crippen molar-refractivity contribution in [2.45, 2.75) is 18.4 Å². The van der Waals surface area contributed by atoms with Crippen LogP contribution in [0.3, 0.4) is 0 Å². The fraction of sp³-hybridized carbons (Fsp3) is 0.286. The Balaban J connectivity index is 3.46. The molecule has 0 saturated carbocycles. The number of aromatic nitrogens is 1. The summed E-state index contributed by atoms with van der Waals surface area (Å²) in [5, 5.41) is -0.416. The lowest BCUT2D eigenvalue weighted by molar-refractivity contribution is 0.149. The smallest absolute Gasteiger partial charge is 0.227 e. The highest BCUT2D eigenvalue weighted by Gasteiger charge is 2.21. The number of halogens is 4. The van der Waals surface area contributed by atoms with E-state index >= 15 is 0 Å². The first-order chi connectivity index (χ1) is 6.73. The lowest BCUT2D eigenvalue weighted by Gasteiger charge is -2.06. The largest absolute Gasteiger partial charge is 0.278 e. The van der Waals surface area contributed by atoms with Gasteiger partial charge in [-0.15, -0.1) is 0 Å². The number of pyridine rings is 1. The normalized spacial score (nSPS) is 12.1. The minimum Gasteiger partial charge on any atom is -0.227 e. The third kappa shape index (κ3) is 2.85. The summed E-state index contributed by atoms with van der Waals surface area (Å²) in [6, 6.07) is 1.04. The molecule has 84 valence electrons. The molecule has 1 heterocycles. The van der Waals surface area contributed by atoms with Gasteiger partial charge in [-0.2, -0.15) is 0 Å². The molecule has 0 aliphatic heterocycles. The molecule has 15 heavy (non-hydrogen) atoms. The molecule has 0 N–H and O–H groups in total. The number of rotatable bonds is 2. The molecular weight excluding hydrogens is 316 g/mol. The van der Waals surface area contributed by atoms with E-state index in [1.165, 1.54) is 6.92 Å². The third-order valence-corrected chi connectivity index (χ3v) is 3.56. The van der Waals surface area contributed by atoms with E-state index in [2.05, 4.69) is 20.9 Å². The van der Waals surface area contributed by atoms with Crippen LogP contribution in [0.25, 0.3) is 0 Å². The zero-order valence-electron chi connectivity index (χ0n) is 7.34. The summed E-state index contributed by atoms with van der Waals surface area (Å²) in [6.07, 6.45) is -2.72. The van der Waals surface area contributed by atoms with Crippen LogP contribution in [0.2, 0.25) is 0 Å². The molecule has 8 heteroatoms. The van der Waals surface area contributed by atoms with Crippen molar-refractivity contribution in [3.05, 3.63) is 21.8 Å². The number of alkyl halides is 2. The molecule has 3 nitrogen and oxygen atoms in total. The number of hydrogen-bond donors (Lipinski definition) is 0. The van der Waals surface area contributed by atoms with Crippen molar-refractivity contribution < 1.29 is 17.2 Å². The van der Waals surface area contributed by atoms with Crippen molar-refractivity contribution >= 4 is 35.7 Å². The van der Waals surface area contributed by atoms with Gasteiger partial charge in [-0.05, 0) is 34.5 Å². The monoisotopic (exact) mass is 319 g/mol. The van der Waals surface area contributed by atoms with E-state index in [9.17, 15) is 17.2 Å². The lowest BCUT2D eigenvalue weighted by atomic mass is 10.2. The quantitative estimate of drug-likeness (QED) is 0.621. The van der Waals surface area contributed by atoms with Crippen LogP contribution in [-0.4, -0.2) is 13.4 Å². The van der Waals surface area contributed by atoms with Crippen molar-refractivity contribution in [2.75, 3.05) is 0 Å². The molecule has 0 unspecified atom stereocenters. The molecule has 0 radical (unpaired) electrons. The average molecular weight is 321 g/mol. The molecule has 0 aromatic carbocycles. The Hall–Kier alpha value is -0.270. The second kappa shape index (κ2) is 4.31. The van der Waals surface area contributed by atoms with Gasteiger partial charge in [0.25, 0.3) is 15.5 Å². The van der Waals surface area contributed by atoms with E-state index < -0.39 is 20.5 Å². The molecule has 0 amide bonds. The Morgan fingerprint density at radius 3 is 2.47 bits per heavy atom. The lowest BCUT2D eigenvalue weighted by Crippen LogP contribution is -2.02. The first-order valence-corrected chi connectivity index (χ1v) is 6.73. The molecule has 0 fully saturated rings. The molecule has 1 aromatic rings. The van der Waals surface area contributed by atoms with E-state index in [-0.39, 0.29) is 15.7 Å². The first-order valence-electron chi connectivity index (χ1n) is 3.63. The van der Waals surface area contributed by atoms with Crippen molar-refractivity contribution in [1.29, 1.82) is 0 Å². The highest BCUT2D eigenvalue weighted by Crippen LogP contribution is 2.29. The van der Waals surface area contributed by atoms with Crippen LogP contribution in [0.15, 0.2) is 15.7 Å². The van der Waals surface area contributed by atoms with Gasteiger partial charge in [0, 0.05) is 10.7 Å². The van der Waals surface area contributed by atoms with Gasteiger partial charge in [-0.25, -0.2) is 22.2 Å². The van der Waals surface area contributed by atoms with Gasteiger partial charge in [0.1, 0.15) is 4.60 Å². The van der Waals surface area contributed by atoms with Gasteiger partial charge in [0.15, 0.2) is 5.03 Å². The maximum Gasteiger partial charge on any atom is 0.278 e. The van der Waals surface area contributed by atoms with E-state index in [1.807, 2.05) is 0 Å². The summed E-state index contributed by atoms with van der Waals surface area (Å²) in [4.78, 5) is 3.48. The standard InChI is InChI=1S/C7H5BrClF2NO2S/c1-3-2-4(6(10)11)5(8)12-7(3)15(9,13)14/h2,6H,1H3. The number of nitrogens with zero attached hydrogens (tertiary/aromatic N) is 1. The predicted molar refractivity (Wildman–Crippen MR) is 54.7 cm³/mol. The summed E-state index contributed by atoms with van der Waals surface area (Å²) in [6.45, 7) is 1.35. The molecule has 0 bridgehead atoms. The van der Waals surface area contributed by atoms with Crippen molar-refractivity contribution in [2.24, 2.45) is 0 Å². The molecule has 0 atom stereocenters. The van der Waals surface area contributed by atoms with Gasteiger partial charge in [-0.3, -0.25) is 0 Å². The molecular formula is C7H5BrClF2NO2S. The van der Waals surface area contributed by atoms with E-state index in [4.69, 9.17) is 10.7 Å². The highest BCUT2D eigenvalue weighted by atomic mass is 79.9. The van der Waals surface area contributed by atoms with Crippen LogP contribution in [-0.2, 0) is 9.05 Å². The summed E-state index contributed by atoms with van der Waals surface area (Å²) < 4.78 is 46.5. The van der Waals surface area contributed by atoms with Gasteiger partial charge < -0.3 is 0 Å². The van der Waals surface area contributed by atoms with Crippen molar-refractivity contribution in [3.63, 3.8) is 0 Å². The fourth-order valence-electron chi connectivity index (χ4n) is 0.996. The molecule has 1 rings (SSSR count). The van der Waals surface area contributed by atoms with Gasteiger partial charge in [0.2, 0.25) is 0 Å². The van der Waals surface area contributed by atoms with E-state index in [1.54, 1.807) is 0 Å². The van der Waals surface area contributed by atoms with Crippen molar-refractivity contribution in [1.82, 2.24) is 4.98 Å². The fourth-order valence-corrected chi connectivity index (χ4v) is 2.69. The van der Waals surface area contributed by atoms with Crippen LogP contribution in [0.1, 0.15) is 17.6 Å². The zero-order valence-corrected chi connectivity index (χ0v) is 10.5. The van der Waals surface area contributed by atoms with Crippen LogP contribution in [0.5, 0.6) is 0 Å². The Morgan fingerprint density at radius 2 is 2.07 bits per heavy atom. The molecule has 0 saturated heterocycles. The van der Waals surface area contributed by atoms with Gasteiger partial charge in [0.05, 0.1) is 5.56 Å². The van der Waals surface area contributed by atoms with Crippen LogP contribution in [0.4, 0.5) is 8.78 Å². The summed E-state index contributed by atoms with van der Waals surface area (Å²) in [5.74, 6) is 0. The zero-order chi connectivity index (χ0) is 11.8. The van der Waals surface area contributed by atoms with Gasteiger partial charge in [-0.1, -0.05) is 0 Å². The SMILES string of the molecule is Cc1cc(C(F)F)c(Br)nc1S(=O)(=O)Cl. The third-order valence-electron chi connectivity index (χ3n) is 1.61. The highest BCUT2D eigenvalue weighted by molar-refractivity contribution is 9.10. The Labute approximate surface area is 98.0 Å². The second-order valence-corrected chi connectivity index (χ2v) is 5.96. The second-order valence-electron chi connectivity index (χ2n) is 2.73.